The molecule has 2 nitrogen and oxygen atoms in total. The summed E-state index contributed by atoms with van der Waals surface area (Å²) in [5.74, 6) is 0. The molecule has 2 aromatic rings. The van der Waals surface area contributed by atoms with Crippen molar-refractivity contribution in [2.45, 2.75) is 20.3 Å². The van der Waals surface area contributed by atoms with E-state index in [4.69, 9.17) is 0 Å². The van der Waals surface area contributed by atoms with Crippen LogP contribution in [0.1, 0.15) is 24.6 Å². The first-order valence-electron chi connectivity index (χ1n) is 5.99. The first kappa shape index (κ1) is 11.6. The van der Waals surface area contributed by atoms with E-state index in [1.807, 2.05) is 12.3 Å². The van der Waals surface area contributed by atoms with E-state index >= 15 is 0 Å². The predicted octanol–water partition coefficient (Wildman–Crippen LogP) is 3.86. The van der Waals surface area contributed by atoms with Crippen LogP contribution in [0, 0.1) is 6.92 Å². The Morgan fingerprint density at radius 3 is 2.88 bits per heavy atom. The number of allylic oxidation sites excluding steroid dienone is 3. The summed E-state index contributed by atoms with van der Waals surface area (Å²) in [5, 5.41) is 1.23. The zero-order chi connectivity index (χ0) is 12.3. The maximum absolute atomic E-state index is 4.42. The first-order valence-corrected chi connectivity index (χ1v) is 5.99. The molecule has 0 bridgehead atoms. The SMILES string of the molecule is CC/C=C/C=C\c1c(C)c2cccnc2n1C. The lowest BCUT2D eigenvalue weighted by atomic mass is 10.2. The monoisotopic (exact) mass is 226 g/mol. The largest absolute Gasteiger partial charge is 0.329 e. The van der Waals surface area contributed by atoms with Crippen molar-refractivity contribution >= 4 is 17.1 Å². The molecule has 0 fully saturated rings. The maximum atomic E-state index is 4.42. The molecule has 0 spiro atoms. The standard InChI is InChI=1S/C15H18N2/c1-4-5-6-7-10-14-12(2)13-9-8-11-16-15(13)17(14)3/h5-11H,4H2,1-3H3/b6-5+,10-7-. The van der Waals surface area contributed by atoms with Gasteiger partial charge in [0.2, 0.25) is 0 Å². The lowest BCUT2D eigenvalue weighted by Gasteiger charge is -1.98. The van der Waals surface area contributed by atoms with Gasteiger partial charge in [-0.25, -0.2) is 4.98 Å². The van der Waals surface area contributed by atoms with Crippen molar-refractivity contribution in [2.24, 2.45) is 7.05 Å². The third-order valence-electron chi connectivity index (χ3n) is 2.99. The quantitative estimate of drug-likeness (QED) is 0.727. The van der Waals surface area contributed by atoms with E-state index in [1.54, 1.807) is 0 Å². The molecular weight excluding hydrogens is 208 g/mol. The Bertz CT molecular complexity index is 535. The van der Waals surface area contributed by atoms with Crippen LogP contribution in [-0.4, -0.2) is 9.55 Å². The van der Waals surface area contributed by atoms with Crippen molar-refractivity contribution in [1.82, 2.24) is 9.55 Å². The first-order chi connectivity index (χ1) is 8.25. The summed E-state index contributed by atoms with van der Waals surface area (Å²) in [7, 11) is 2.06. The zero-order valence-electron chi connectivity index (χ0n) is 10.6. The summed E-state index contributed by atoms with van der Waals surface area (Å²) in [5.41, 5.74) is 3.56. The van der Waals surface area contributed by atoms with Gasteiger partial charge in [-0.05, 0) is 37.1 Å². The zero-order valence-corrected chi connectivity index (χ0v) is 10.6. The van der Waals surface area contributed by atoms with E-state index in [-0.39, 0.29) is 0 Å². The van der Waals surface area contributed by atoms with E-state index < -0.39 is 0 Å². The lowest BCUT2D eigenvalue weighted by Crippen LogP contribution is -1.92. The summed E-state index contributed by atoms with van der Waals surface area (Å²) in [6.45, 7) is 4.28. The minimum Gasteiger partial charge on any atom is -0.329 e. The Hall–Kier alpha value is -1.83. The Balaban J connectivity index is 2.47. The minimum absolute atomic E-state index is 1.05. The number of nitrogens with zero attached hydrogens (tertiary/aromatic N) is 2. The van der Waals surface area contributed by atoms with Crippen molar-refractivity contribution in [2.75, 3.05) is 0 Å². The lowest BCUT2D eigenvalue weighted by molar-refractivity contribution is 0.930. The van der Waals surface area contributed by atoms with Crippen molar-refractivity contribution in [1.29, 1.82) is 0 Å². The van der Waals surface area contributed by atoms with Crippen LogP contribution >= 0.6 is 0 Å². The molecule has 0 unspecified atom stereocenters. The van der Waals surface area contributed by atoms with Gasteiger partial charge in [0.25, 0.3) is 0 Å². The molecule has 17 heavy (non-hydrogen) atoms. The fraction of sp³-hybridized carbons (Fsp3) is 0.267. The molecule has 0 saturated carbocycles. The minimum atomic E-state index is 1.05. The van der Waals surface area contributed by atoms with Crippen molar-refractivity contribution < 1.29 is 0 Å². The Morgan fingerprint density at radius 1 is 1.35 bits per heavy atom. The third-order valence-corrected chi connectivity index (χ3v) is 2.99. The van der Waals surface area contributed by atoms with E-state index in [9.17, 15) is 0 Å². The van der Waals surface area contributed by atoms with Gasteiger partial charge in [-0.15, -0.1) is 0 Å². The van der Waals surface area contributed by atoms with E-state index in [1.165, 1.54) is 16.6 Å². The van der Waals surface area contributed by atoms with Gasteiger partial charge in [0.15, 0.2) is 0 Å². The maximum Gasteiger partial charge on any atom is 0.140 e. The highest BCUT2D eigenvalue weighted by Crippen LogP contribution is 2.23. The summed E-state index contributed by atoms with van der Waals surface area (Å²) < 4.78 is 2.14. The number of pyridine rings is 1. The van der Waals surface area contributed by atoms with Gasteiger partial charge in [-0.2, -0.15) is 0 Å². The molecule has 2 rings (SSSR count). The Morgan fingerprint density at radius 2 is 2.18 bits per heavy atom. The molecule has 0 N–H and O–H groups in total. The average molecular weight is 226 g/mol. The number of rotatable bonds is 3. The predicted molar refractivity (Wildman–Crippen MR) is 73.9 cm³/mol. The molecule has 0 aliphatic carbocycles. The highest BCUT2D eigenvalue weighted by atomic mass is 15.0. The number of fused-ring (bicyclic) bond motifs is 1. The number of aryl methyl sites for hydroxylation is 2. The topological polar surface area (TPSA) is 17.8 Å². The van der Waals surface area contributed by atoms with Gasteiger partial charge >= 0.3 is 0 Å². The van der Waals surface area contributed by atoms with Gasteiger partial charge in [0.1, 0.15) is 5.65 Å². The fourth-order valence-electron chi connectivity index (χ4n) is 2.06. The van der Waals surface area contributed by atoms with Gasteiger partial charge in [-0.3, -0.25) is 0 Å². The highest BCUT2D eigenvalue weighted by Gasteiger charge is 2.08. The number of hydrogen-bond donors (Lipinski definition) is 0. The van der Waals surface area contributed by atoms with Crippen molar-refractivity contribution in [3.8, 4) is 0 Å². The van der Waals surface area contributed by atoms with Crippen LogP contribution in [-0.2, 0) is 7.05 Å². The second-order valence-corrected chi connectivity index (χ2v) is 4.14. The van der Waals surface area contributed by atoms with Crippen LogP contribution in [0.4, 0.5) is 0 Å². The number of aromatic nitrogens is 2. The van der Waals surface area contributed by atoms with Crippen molar-refractivity contribution in [3.05, 3.63) is 47.8 Å². The average Bonchev–Trinajstić information content (AvgIpc) is 2.60. The molecule has 2 aromatic heterocycles. The van der Waals surface area contributed by atoms with Crippen LogP contribution in [0.5, 0.6) is 0 Å². The summed E-state index contributed by atoms with van der Waals surface area (Å²) >= 11 is 0. The molecule has 0 amide bonds. The van der Waals surface area contributed by atoms with Gasteiger partial charge in [0.05, 0.1) is 0 Å². The molecule has 0 aromatic carbocycles. The second kappa shape index (κ2) is 5.00. The van der Waals surface area contributed by atoms with Crippen LogP contribution in [0.15, 0.2) is 36.6 Å². The van der Waals surface area contributed by atoms with Gasteiger partial charge < -0.3 is 4.57 Å². The highest BCUT2D eigenvalue weighted by molar-refractivity contribution is 5.84. The normalized spacial score (nSPS) is 12.2. The molecule has 0 saturated heterocycles. The van der Waals surface area contributed by atoms with E-state index in [2.05, 4.69) is 60.8 Å². The number of hydrogen-bond acceptors (Lipinski definition) is 1. The molecule has 2 heterocycles. The molecule has 0 atom stereocenters. The van der Waals surface area contributed by atoms with Crippen molar-refractivity contribution in [3.63, 3.8) is 0 Å². The van der Waals surface area contributed by atoms with E-state index in [0.29, 0.717) is 0 Å². The third kappa shape index (κ3) is 2.16. The second-order valence-electron chi connectivity index (χ2n) is 4.14. The molecular formula is C15H18N2. The van der Waals surface area contributed by atoms with Crippen LogP contribution in [0.3, 0.4) is 0 Å². The molecule has 0 aliphatic rings. The van der Waals surface area contributed by atoms with Gasteiger partial charge in [-0.1, -0.05) is 25.2 Å². The van der Waals surface area contributed by atoms with Crippen LogP contribution in [0.25, 0.3) is 17.1 Å². The molecule has 2 heteroatoms. The summed E-state index contributed by atoms with van der Waals surface area (Å²) in [6, 6.07) is 4.11. The Labute approximate surface area is 102 Å². The van der Waals surface area contributed by atoms with Crippen LogP contribution in [0.2, 0.25) is 0 Å². The van der Waals surface area contributed by atoms with Gasteiger partial charge in [0, 0.05) is 24.3 Å². The Kier molecular flexibility index (Phi) is 3.43. The molecule has 0 radical (unpaired) electrons. The summed E-state index contributed by atoms with van der Waals surface area (Å²) in [4.78, 5) is 4.42. The fourth-order valence-corrected chi connectivity index (χ4v) is 2.06. The van der Waals surface area contributed by atoms with Crippen LogP contribution < -0.4 is 0 Å². The summed E-state index contributed by atoms with van der Waals surface area (Å²) in [6.07, 6.45) is 11.4. The molecule has 88 valence electrons. The smallest absolute Gasteiger partial charge is 0.140 e. The molecule has 0 aliphatic heterocycles. The van der Waals surface area contributed by atoms with E-state index in [0.717, 1.165) is 12.1 Å².